The monoisotopic (exact) mass is 352 g/mol. The molecule has 0 saturated carbocycles. The minimum absolute atomic E-state index is 0.963. The van der Waals surface area contributed by atoms with Crippen molar-refractivity contribution in [2.75, 3.05) is 0 Å². The Morgan fingerprint density at radius 3 is 2.04 bits per heavy atom. The molecule has 0 aliphatic heterocycles. The number of aryl methyl sites for hydroxylation is 2. The second-order valence-corrected chi connectivity index (χ2v) is 8.24. The Morgan fingerprint density at radius 1 is 0.615 bits per heavy atom. The molecule has 0 saturated heterocycles. The highest BCUT2D eigenvalue weighted by Crippen LogP contribution is 2.42. The van der Waals surface area contributed by atoms with E-state index in [0.29, 0.717) is 0 Å². The number of fused-ring (bicyclic) bond motifs is 9. The van der Waals surface area contributed by atoms with Crippen molar-refractivity contribution >= 4 is 64.2 Å². The zero-order valence-corrected chi connectivity index (χ0v) is 15.4. The molecule has 6 aromatic rings. The third-order valence-corrected chi connectivity index (χ3v) is 6.60. The van der Waals surface area contributed by atoms with Crippen molar-refractivity contribution in [3.8, 4) is 0 Å². The average molecular weight is 352 g/mol. The molecule has 0 aliphatic rings. The summed E-state index contributed by atoms with van der Waals surface area (Å²) >= 11 is 1.88. The van der Waals surface area contributed by atoms with Crippen LogP contribution in [-0.4, -0.2) is 0 Å². The highest BCUT2D eigenvalue weighted by Gasteiger charge is 2.14. The molecule has 4 aromatic carbocycles. The maximum atomic E-state index is 6.27. The van der Waals surface area contributed by atoms with E-state index in [0.717, 1.165) is 11.2 Å². The molecule has 0 fully saturated rings. The summed E-state index contributed by atoms with van der Waals surface area (Å²) in [5.74, 6) is 0. The third-order valence-electron chi connectivity index (χ3n) is 5.38. The Hall–Kier alpha value is -2.84. The topological polar surface area (TPSA) is 13.1 Å². The summed E-state index contributed by atoms with van der Waals surface area (Å²) in [6.45, 7) is 4.28. The molecule has 124 valence electrons. The van der Waals surface area contributed by atoms with Crippen LogP contribution < -0.4 is 0 Å². The minimum Gasteiger partial charge on any atom is -0.455 e. The lowest BCUT2D eigenvalue weighted by atomic mass is 10.0. The summed E-state index contributed by atoms with van der Waals surface area (Å²) in [5.41, 5.74) is 4.53. The van der Waals surface area contributed by atoms with E-state index >= 15 is 0 Å². The second kappa shape index (κ2) is 4.87. The van der Waals surface area contributed by atoms with Gasteiger partial charge in [0.2, 0.25) is 0 Å². The molecule has 0 unspecified atom stereocenters. The number of thiophene rings is 1. The van der Waals surface area contributed by atoms with E-state index in [1.54, 1.807) is 0 Å². The lowest BCUT2D eigenvalue weighted by Crippen LogP contribution is -1.76. The number of hydrogen-bond donors (Lipinski definition) is 0. The molecular weight excluding hydrogens is 336 g/mol. The Bertz CT molecular complexity index is 1380. The molecule has 2 heteroatoms. The van der Waals surface area contributed by atoms with Gasteiger partial charge < -0.3 is 4.42 Å². The fourth-order valence-electron chi connectivity index (χ4n) is 4.10. The molecule has 1 nitrogen and oxygen atoms in total. The molecule has 0 radical (unpaired) electrons. The fourth-order valence-corrected chi connectivity index (χ4v) is 5.31. The predicted molar refractivity (Wildman–Crippen MR) is 114 cm³/mol. The predicted octanol–water partition coefficient (Wildman–Crippen LogP) is 7.72. The van der Waals surface area contributed by atoms with Gasteiger partial charge in [-0.3, -0.25) is 0 Å². The van der Waals surface area contributed by atoms with Crippen LogP contribution >= 0.6 is 11.3 Å². The zero-order valence-electron chi connectivity index (χ0n) is 14.6. The van der Waals surface area contributed by atoms with Crippen LogP contribution in [0.5, 0.6) is 0 Å². The van der Waals surface area contributed by atoms with Crippen LogP contribution in [0.1, 0.15) is 11.1 Å². The molecule has 2 heterocycles. The van der Waals surface area contributed by atoms with Crippen molar-refractivity contribution in [3.05, 3.63) is 71.8 Å². The molecule has 26 heavy (non-hydrogen) atoms. The van der Waals surface area contributed by atoms with Gasteiger partial charge in [0, 0.05) is 41.7 Å². The number of hydrogen-bond acceptors (Lipinski definition) is 2. The minimum atomic E-state index is 0.963. The number of rotatable bonds is 0. The maximum Gasteiger partial charge on any atom is 0.143 e. The summed E-state index contributed by atoms with van der Waals surface area (Å²) in [4.78, 5) is 0. The largest absolute Gasteiger partial charge is 0.455 e. The van der Waals surface area contributed by atoms with Crippen molar-refractivity contribution < 1.29 is 4.42 Å². The fraction of sp³-hybridized carbons (Fsp3) is 0.0833. The summed E-state index contributed by atoms with van der Waals surface area (Å²) in [5, 5.41) is 7.58. The first-order valence-electron chi connectivity index (χ1n) is 8.86. The Labute approximate surface area is 154 Å². The van der Waals surface area contributed by atoms with Gasteiger partial charge in [-0.25, -0.2) is 0 Å². The molecule has 0 bridgehead atoms. The van der Waals surface area contributed by atoms with Crippen LogP contribution in [-0.2, 0) is 0 Å². The van der Waals surface area contributed by atoms with Gasteiger partial charge in [0.1, 0.15) is 11.2 Å². The van der Waals surface area contributed by atoms with Crippen molar-refractivity contribution in [3.63, 3.8) is 0 Å². The quantitative estimate of drug-likeness (QED) is 0.273. The molecule has 0 atom stereocenters. The van der Waals surface area contributed by atoms with Crippen LogP contribution in [0.4, 0.5) is 0 Å². The number of benzene rings is 4. The SMILES string of the molecule is Cc1ccc2oc3c(ccc4c3ccc3c5cc(C)ccc5sc34)c2c1. The van der Waals surface area contributed by atoms with Crippen molar-refractivity contribution in [2.45, 2.75) is 13.8 Å². The van der Waals surface area contributed by atoms with Gasteiger partial charge in [-0.05, 0) is 50.2 Å². The first kappa shape index (κ1) is 14.3. The maximum absolute atomic E-state index is 6.27. The van der Waals surface area contributed by atoms with Crippen LogP contribution in [0, 0.1) is 13.8 Å². The van der Waals surface area contributed by atoms with Gasteiger partial charge in [-0.1, -0.05) is 35.4 Å². The Morgan fingerprint density at radius 2 is 1.23 bits per heavy atom. The highest BCUT2D eigenvalue weighted by atomic mass is 32.1. The Balaban J connectivity index is 1.81. The molecule has 0 spiro atoms. The lowest BCUT2D eigenvalue weighted by Gasteiger charge is -2.01. The van der Waals surface area contributed by atoms with Gasteiger partial charge >= 0.3 is 0 Å². The third kappa shape index (κ3) is 1.80. The van der Waals surface area contributed by atoms with E-state index in [1.807, 2.05) is 11.3 Å². The average Bonchev–Trinajstić information content (AvgIpc) is 3.19. The molecule has 0 N–H and O–H groups in total. The van der Waals surface area contributed by atoms with Gasteiger partial charge in [-0.15, -0.1) is 11.3 Å². The van der Waals surface area contributed by atoms with E-state index in [1.165, 1.54) is 52.8 Å². The summed E-state index contributed by atoms with van der Waals surface area (Å²) < 4.78 is 8.96. The smallest absolute Gasteiger partial charge is 0.143 e. The van der Waals surface area contributed by atoms with Crippen LogP contribution in [0.25, 0.3) is 52.9 Å². The highest BCUT2D eigenvalue weighted by molar-refractivity contribution is 7.26. The van der Waals surface area contributed by atoms with Gasteiger partial charge in [0.05, 0.1) is 0 Å². The Kier molecular flexibility index (Phi) is 2.68. The molecular formula is C24H16OS. The van der Waals surface area contributed by atoms with Gasteiger partial charge in [0.25, 0.3) is 0 Å². The van der Waals surface area contributed by atoms with E-state index in [2.05, 4.69) is 74.5 Å². The molecule has 6 rings (SSSR count). The van der Waals surface area contributed by atoms with Crippen molar-refractivity contribution in [2.24, 2.45) is 0 Å². The molecule has 2 aromatic heterocycles. The standard InChI is InChI=1S/C24H16OS/c1-13-3-9-21-19(11-13)16-6-7-17-15(23(16)25-21)5-8-18-20-12-14(2)4-10-22(20)26-24(17)18/h3-12H,1-2H3. The van der Waals surface area contributed by atoms with Crippen LogP contribution in [0.15, 0.2) is 65.1 Å². The van der Waals surface area contributed by atoms with E-state index in [9.17, 15) is 0 Å². The van der Waals surface area contributed by atoms with Crippen molar-refractivity contribution in [1.82, 2.24) is 0 Å². The van der Waals surface area contributed by atoms with Gasteiger partial charge in [-0.2, -0.15) is 0 Å². The van der Waals surface area contributed by atoms with E-state index in [-0.39, 0.29) is 0 Å². The van der Waals surface area contributed by atoms with Crippen molar-refractivity contribution in [1.29, 1.82) is 0 Å². The van der Waals surface area contributed by atoms with E-state index in [4.69, 9.17) is 4.42 Å². The molecule has 0 aliphatic carbocycles. The summed E-state index contributed by atoms with van der Waals surface area (Å²) in [6, 6.07) is 22.1. The van der Waals surface area contributed by atoms with Crippen LogP contribution in [0.2, 0.25) is 0 Å². The first-order valence-corrected chi connectivity index (χ1v) is 9.68. The lowest BCUT2D eigenvalue weighted by molar-refractivity contribution is 0.672. The zero-order chi connectivity index (χ0) is 17.4. The summed E-state index contributed by atoms with van der Waals surface area (Å²) in [7, 11) is 0. The number of furan rings is 1. The normalized spacial score (nSPS) is 12.2. The second-order valence-electron chi connectivity index (χ2n) is 7.18. The molecule has 0 amide bonds. The van der Waals surface area contributed by atoms with E-state index < -0.39 is 0 Å². The van der Waals surface area contributed by atoms with Gasteiger partial charge in [0.15, 0.2) is 0 Å². The van der Waals surface area contributed by atoms with Crippen LogP contribution in [0.3, 0.4) is 0 Å². The summed E-state index contributed by atoms with van der Waals surface area (Å²) in [6.07, 6.45) is 0. The first-order chi connectivity index (χ1) is 12.7.